The van der Waals surface area contributed by atoms with E-state index in [1.54, 1.807) is 48.5 Å². The normalized spacial score (nSPS) is 17.6. The van der Waals surface area contributed by atoms with E-state index in [1.165, 1.54) is 30.2 Å². The minimum atomic E-state index is -0.942. The van der Waals surface area contributed by atoms with Gasteiger partial charge in [-0.2, -0.15) is 0 Å². The molecule has 0 aliphatic carbocycles. The fraction of sp³-hybridized carbons (Fsp3) is 0.0800. The molecule has 1 aromatic heterocycles. The van der Waals surface area contributed by atoms with Crippen molar-refractivity contribution in [3.63, 3.8) is 0 Å². The van der Waals surface area contributed by atoms with E-state index < -0.39 is 23.5 Å². The van der Waals surface area contributed by atoms with Gasteiger partial charge in [-0.3, -0.25) is 14.5 Å². The van der Waals surface area contributed by atoms with Crippen LogP contribution in [0.5, 0.6) is 5.75 Å². The highest BCUT2D eigenvalue weighted by atomic mass is 19.1. The van der Waals surface area contributed by atoms with Crippen LogP contribution in [0, 0.1) is 5.82 Å². The zero-order chi connectivity index (χ0) is 23.1. The summed E-state index contributed by atoms with van der Waals surface area (Å²) < 4.78 is 18.9. The summed E-state index contributed by atoms with van der Waals surface area (Å²) in [6.07, 6.45) is 0. The van der Waals surface area contributed by atoms with E-state index in [0.29, 0.717) is 27.9 Å². The summed E-state index contributed by atoms with van der Waals surface area (Å²) in [5.74, 6) is -1.92. The number of amides is 1. The molecular formula is C25H18FN3O4. The number of rotatable bonds is 4. The first-order valence-corrected chi connectivity index (χ1v) is 10.1. The van der Waals surface area contributed by atoms with Crippen LogP contribution in [-0.2, 0) is 9.59 Å². The molecule has 1 saturated heterocycles. The van der Waals surface area contributed by atoms with E-state index in [0.717, 1.165) is 0 Å². The van der Waals surface area contributed by atoms with E-state index in [1.807, 2.05) is 6.07 Å². The Kier molecular flexibility index (Phi) is 4.90. The van der Waals surface area contributed by atoms with Crippen molar-refractivity contribution in [2.75, 3.05) is 12.0 Å². The summed E-state index contributed by atoms with van der Waals surface area (Å²) in [6, 6.07) is 18.5. The number of nitrogens with one attached hydrogen (secondary N) is 1. The maximum Gasteiger partial charge on any atom is 0.302 e. The molecule has 1 atom stereocenters. The third kappa shape index (κ3) is 3.41. The number of hydrogen-bond acceptors (Lipinski definition) is 5. The predicted molar refractivity (Wildman–Crippen MR) is 120 cm³/mol. The number of nitrogens with zero attached hydrogens (tertiary/aromatic N) is 2. The monoisotopic (exact) mass is 443 g/mol. The number of benzene rings is 3. The number of anilines is 1. The van der Waals surface area contributed by atoms with Gasteiger partial charge in [-0.05, 0) is 35.9 Å². The van der Waals surface area contributed by atoms with Crippen molar-refractivity contribution in [3.05, 3.63) is 95.3 Å². The van der Waals surface area contributed by atoms with Gasteiger partial charge in [-0.1, -0.05) is 42.5 Å². The number of aromatic amines is 1. The van der Waals surface area contributed by atoms with Crippen LogP contribution in [0.4, 0.5) is 10.3 Å². The third-order valence-corrected chi connectivity index (χ3v) is 5.56. The maximum absolute atomic E-state index is 13.7. The lowest BCUT2D eigenvalue weighted by Gasteiger charge is -2.23. The number of carbonyl (C=O) groups excluding carboxylic acids is 2. The van der Waals surface area contributed by atoms with Gasteiger partial charge in [0, 0.05) is 5.56 Å². The lowest BCUT2D eigenvalue weighted by molar-refractivity contribution is -0.132. The SMILES string of the molecule is COc1cccc(/C(O)=C2\C(=O)C(=O)N(c3nc4ccc(F)cc4[nH]3)C2c2ccccc2)c1. The van der Waals surface area contributed by atoms with Gasteiger partial charge in [0.2, 0.25) is 5.95 Å². The maximum atomic E-state index is 13.7. The molecule has 8 heteroatoms. The molecule has 7 nitrogen and oxygen atoms in total. The largest absolute Gasteiger partial charge is 0.507 e. The van der Waals surface area contributed by atoms with Crippen molar-refractivity contribution in [2.45, 2.75) is 6.04 Å². The molecule has 1 fully saturated rings. The number of Topliss-reactive ketones (excluding diaryl/α,β-unsaturated/α-hetero) is 1. The Morgan fingerprint density at radius 2 is 1.85 bits per heavy atom. The summed E-state index contributed by atoms with van der Waals surface area (Å²) in [5, 5.41) is 11.1. The van der Waals surface area contributed by atoms with Crippen molar-refractivity contribution in [1.29, 1.82) is 0 Å². The summed E-state index contributed by atoms with van der Waals surface area (Å²) in [6.45, 7) is 0. The summed E-state index contributed by atoms with van der Waals surface area (Å²) in [7, 11) is 1.49. The summed E-state index contributed by atoms with van der Waals surface area (Å²) in [5.41, 5.74) is 1.68. The second kappa shape index (κ2) is 7.90. The number of aliphatic hydroxyl groups excluding tert-OH is 1. The van der Waals surface area contributed by atoms with Crippen LogP contribution < -0.4 is 9.64 Å². The Labute approximate surface area is 187 Å². The van der Waals surface area contributed by atoms with Crippen LogP contribution in [0.15, 0.2) is 78.4 Å². The smallest absolute Gasteiger partial charge is 0.302 e. The molecule has 5 rings (SSSR count). The fourth-order valence-corrected chi connectivity index (χ4v) is 4.01. The first kappa shape index (κ1) is 20.4. The molecule has 2 N–H and O–H groups in total. The first-order chi connectivity index (χ1) is 16.0. The lowest BCUT2D eigenvalue weighted by Crippen LogP contribution is -2.30. The average molecular weight is 443 g/mol. The van der Waals surface area contributed by atoms with Crippen molar-refractivity contribution in [1.82, 2.24) is 9.97 Å². The molecule has 164 valence electrons. The van der Waals surface area contributed by atoms with E-state index in [2.05, 4.69) is 9.97 Å². The van der Waals surface area contributed by atoms with Crippen LogP contribution in [0.25, 0.3) is 16.8 Å². The van der Waals surface area contributed by atoms with Crippen LogP contribution in [-0.4, -0.2) is 33.9 Å². The Morgan fingerprint density at radius 1 is 1.06 bits per heavy atom. The molecule has 1 aliphatic rings. The van der Waals surface area contributed by atoms with E-state index in [-0.39, 0.29) is 17.3 Å². The standard InChI is InChI=1S/C25H18FN3O4/c1-33-17-9-5-8-15(12-17)22(30)20-21(14-6-3-2-4-7-14)29(24(32)23(20)31)25-27-18-11-10-16(26)13-19(18)28-25/h2-13,21,30H,1H3,(H,27,28)/b22-20+. The van der Waals surface area contributed by atoms with Gasteiger partial charge in [0.15, 0.2) is 0 Å². The number of aliphatic hydroxyl groups is 1. The van der Waals surface area contributed by atoms with Crippen LogP contribution >= 0.6 is 0 Å². The molecule has 4 aromatic rings. The zero-order valence-corrected chi connectivity index (χ0v) is 17.4. The van der Waals surface area contributed by atoms with Crippen LogP contribution in [0.2, 0.25) is 0 Å². The summed E-state index contributed by atoms with van der Waals surface area (Å²) in [4.78, 5) is 34.9. The van der Waals surface area contributed by atoms with Crippen molar-refractivity contribution in [2.24, 2.45) is 0 Å². The van der Waals surface area contributed by atoms with Crippen molar-refractivity contribution in [3.8, 4) is 5.75 Å². The van der Waals surface area contributed by atoms with Gasteiger partial charge in [0.1, 0.15) is 17.3 Å². The van der Waals surface area contributed by atoms with E-state index in [4.69, 9.17) is 4.74 Å². The Morgan fingerprint density at radius 3 is 2.61 bits per heavy atom. The topological polar surface area (TPSA) is 95.5 Å². The molecule has 33 heavy (non-hydrogen) atoms. The average Bonchev–Trinajstić information content (AvgIpc) is 3.37. The minimum Gasteiger partial charge on any atom is -0.507 e. The van der Waals surface area contributed by atoms with E-state index >= 15 is 0 Å². The van der Waals surface area contributed by atoms with Crippen molar-refractivity contribution >= 4 is 34.4 Å². The highest BCUT2D eigenvalue weighted by Gasteiger charge is 2.48. The number of hydrogen-bond donors (Lipinski definition) is 2. The predicted octanol–water partition coefficient (Wildman–Crippen LogP) is 4.34. The highest BCUT2D eigenvalue weighted by Crippen LogP contribution is 2.41. The number of H-pyrrole nitrogens is 1. The molecule has 1 amide bonds. The first-order valence-electron chi connectivity index (χ1n) is 10.1. The molecule has 0 bridgehead atoms. The van der Waals surface area contributed by atoms with Gasteiger partial charge in [0.05, 0.1) is 29.8 Å². The zero-order valence-electron chi connectivity index (χ0n) is 17.4. The molecule has 1 unspecified atom stereocenters. The van der Waals surface area contributed by atoms with Crippen LogP contribution in [0.1, 0.15) is 17.2 Å². The van der Waals surface area contributed by atoms with E-state index in [9.17, 15) is 19.1 Å². The summed E-state index contributed by atoms with van der Waals surface area (Å²) >= 11 is 0. The molecule has 0 radical (unpaired) electrons. The Hall–Kier alpha value is -4.46. The van der Waals surface area contributed by atoms with Gasteiger partial charge >= 0.3 is 5.91 Å². The number of ether oxygens (including phenoxy) is 1. The van der Waals surface area contributed by atoms with Crippen LogP contribution in [0.3, 0.4) is 0 Å². The van der Waals surface area contributed by atoms with Gasteiger partial charge < -0.3 is 14.8 Å². The molecule has 0 saturated carbocycles. The molecule has 1 aliphatic heterocycles. The number of methoxy groups -OCH3 is 1. The number of carbonyl (C=O) groups is 2. The fourth-order valence-electron chi connectivity index (χ4n) is 4.01. The second-order valence-corrected chi connectivity index (χ2v) is 7.53. The lowest BCUT2D eigenvalue weighted by atomic mass is 9.95. The number of imidazole rings is 1. The Balaban J connectivity index is 1.72. The minimum absolute atomic E-state index is 0.0777. The third-order valence-electron chi connectivity index (χ3n) is 5.56. The Bertz CT molecular complexity index is 1430. The number of fused-ring (bicyclic) bond motifs is 1. The van der Waals surface area contributed by atoms with Gasteiger partial charge in [-0.15, -0.1) is 0 Å². The second-order valence-electron chi connectivity index (χ2n) is 7.53. The molecule has 2 heterocycles. The van der Waals surface area contributed by atoms with Gasteiger partial charge in [0.25, 0.3) is 5.78 Å². The molecule has 0 spiro atoms. The number of aromatic nitrogens is 2. The number of ketones is 1. The van der Waals surface area contributed by atoms with Gasteiger partial charge in [-0.25, -0.2) is 9.37 Å². The quantitative estimate of drug-likeness (QED) is 0.278. The molecule has 3 aromatic carbocycles. The highest BCUT2D eigenvalue weighted by molar-refractivity contribution is 6.51. The van der Waals surface area contributed by atoms with Crippen molar-refractivity contribution < 1.29 is 23.8 Å². The number of halogens is 1. The molecular weight excluding hydrogens is 425 g/mol.